The van der Waals surface area contributed by atoms with Crippen molar-refractivity contribution in [1.82, 2.24) is 0 Å². The molecule has 0 radical (unpaired) electrons. The zero-order chi connectivity index (χ0) is 22.1. The Balaban J connectivity index is 2.16. The highest BCUT2D eigenvalue weighted by Crippen LogP contribution is 2.24. The Morgan fingerprint density at radius 2 is 1.77 bits per heavy atom. The van der Waals surface area contributed by atoms with Crippen LogP contribution in [0.25, 0.3) is 0 Å². The fourth-order valence-electron chi connectivity index (χ4n) is 2.41. The van der Waals surface area contributed by atoms with E-state index in [1.807, 2.05) is 0 Å². The number of nitrogens with one attached hydrogen (secondary N) is 2. The van der Waals surface area contributed by atoms with E-state index in [1.165, 1.54) is 19.2 Å². The summed E-state index contributed by atoms with van der Waals surface area (Å²) in [6, 6.07) is 15.7. The summed E-state index contributed by atoms with van der Waals surface area (Å²) in [6.45, 7) is 0.296. The highest BCUT2D eigenvalue weighted by molar-refractivity contribution is 5.96. The van der Waals surface area contributed by atoms with Gasteiger partial charge in [-0.2, -0.15) is 15.8 Å². The lowest BCUT2D eigenvalue weighted by Gasteiger charge is -2.11. The third-order valence-corrected chi connectivity index (χ3v) is 3.91. The van der Waals surface area contributed by atoms with Gasteiger partial charge in [0.2, 0.25) is 0 Å². The Labute approximate surface area is 171 Å². The second-order valence-corrected chi connectivity index (χ2v) is 5.74. The molecule has 30 heavy (non-hydrogen) atoms. The van der Waals surface area contributed by atoms with Crippen LogP contribution in [0.1, 0.15) is 15.9 Å². The minimum atomic E-state index is -0.706. The minimum Gasteiger partial charge on any atom is -0.465 e. The van der Waals surface area contributed by atoms with Crippen molar-refractivity contribution < 1.29 is 14.5 Å². The van der Waals surface area contributed by atoms with Crippen LogP contribution >= 0.6 is 0 Å². The smallest absolute Gasteiger partial charge is 0.340 e. The molecule has 0 atom stereocenters. The Morgan fingerprint density at radius 1 is 1.10 bits per heavy atom. The van der Waals surface area contributed by atoms with E-state index in [4.69, 9.17) is 15.8 Å². The standard InChI is InChI=1S/C20H14N6O4/c1-30-20(27)17-8-16(26(28)29)6-7-18(17)24-12-13-2-4-15(5-3-13)25-19(11-23)14(9-21)10-22/h2-8,24-25H,12H2,1H3. The first kappa shape index (κ1) is 21.4. The molecule has 0 bridgehead atoms. The number of nitro groups is 1. The van der Waals surface area contributed by atoms with Crippen LogP contribution in [0.4, 0.5) is 17.1 Å². The van der Waals surface area contributed by atoms with Crippen LogP contribution in [0.15, 0.2) is 53.7 Å². The van der Waals surface area contributed by atoms with Crippen LogP contribution in [-0.2, 0) is 11.3 Å². The molecule has 2 N–H and O–H groups in total. The SMILES string of the molecule is COC(=O)c1cc([N+](=O)[O-])ccc1NCc1ccc(NC(C#N)=C(C#N)C#N)cc1. The molecule has 0 aliphatic carbocycles. The third kappa shape index (κ3) is 5.10. The molecule has 10 heteroatoms. The summed E-state index contributed by atoms with van der Waals surface area (Å²) in [6.07, 6.45) is 0. The van der Waals surface area contributed by atoms with E-state index in [1.54, 1.807) is 42.5 Å². The molecule has 2 aromatic carbocycles. The number of nitrogens with zero attached hydrogens (tertiary/aromatic N) is 4. The number of carbonyl (C=O) groups is 1. The average Bonchev–Trinajstić information content (AvgIpc) is 2.77. The van der Waals surface area contributed by atoms with Crippen molar-refractivity contribution in [3.63, 3.8) is 0 Å². The molecule has 2 aromatic rings. The predicted molar refractivity (Wildman–Crippen MR) is 106 cm³/mol. The van der Waals surface area contributed by atoms with Crippen LogP contribution in [0.2, 0.25) is 0 Å². The molecule has 0 unspecified atom stereocenters. The van der Waals surface area contributed by atoms with Gasteiger partial charge in [-0.3, -0.25) is 10.1 Å². The number of methoxy groups -OCH3 is 1. The molecule has 0 saturated heterocycles. The maximum atomic E-state index is 11.9. The largest absolute Gasteiger partial charge is 0.465 e. The second kappa shape index (κ2) is 9.88. The first-order valence-corrected chi connectivity index (χ1v) is 8.34. The maximum Gasteiger partial charge on any atom is 0.340 e. The lowest BCUT2D eigenvalue weighted by molar-refractivity contribution is -0.384. The van der Waals surface area contributed by atoms with Gasteiger partial charge in [-0.1, -0.05) is 12.1 Å². The molecular weight excluding hydrogens is 388 g/mol. The Bertz CT molecular complexity index is 1120. The Hall–Kier alpha value is -4.88. The molecule has 0 heterocycles. The number of carbonyl (C=O) groups excluding carboxylic acids is 1. The van der Waals surface area contributed by atoms with E-state index in [0.29, 0.717) is 17.9 Å². The quantitative estimate of drug-likeness (QED) is 0.306. The van der Waals surface area contributed by atoms with E-state index < -0.39 is 10.9 Å². The zero-order valence-electron chi connectivity index (χ0n) is 15.7. The van der Waals surface area contributed by atoms with Crippen LogP contribution < -0.4 is 10.6 Å². The number of nitro benzene ring substituents is 1. The summed E-state index contributed by atoms with van der Waals surface area (Å²) in [7, 11) is 1.19. The van der Waals surface area contributed by atoms with E-state index in [-0.39, 0.29) is 22.5 Å². The molecule has 0 spiro atoms. The number of benzene rings is 2. The van der Waals surface area contributed by atoms with Gasteiger partial charge in [0.15, 0.2) is 5.57 Å². The number of non-ortho nitro benzene ring substituents is 1. The molecule has 0 saturated carbocycles. The number of rotatable bonds is 7. The van der Waals surface area contributed by atoms with E-state index >= 15 is 0 Å². The fraction of sp³-hybridized carbons (Fsp3) is 0.100. The summed E-state index contributed by atoms with van der Waals surface area (Å²) < 4.78 is 4.68. The molecular formula is C20H14N6O4. The van der Waals surface area contributed by atoms with Crippen molar-refractivity contribution in [1.29, 1.82) is 15.8 Å². The summed E-state index contributed by atoms with van der Waals surface area (Å²) in [5, 5.41) is 43.4. The first-order chi connectivity index (χ1) is 14.4. The predicted octanol–water partition coefficient (Wildman–Crippen LogP) is 3.23. The van der Waals surface area contributed by atoms with Crippen molar-refractivity contribution in [2.75, 3.05) is 17.7 Å². The van der Waals surface area contributed by atoms with E-state index in [9.17, 15) is 14.9 Å². The van der Waals surface area contributed by atoms with Crippen molar-refractivity contribution in [3.8, 4) is 18.2 Å². The van der Waals surface area contributed by atoms with Gasteiger partial charge in [0.25, 0.3) is 5.69 Å². The van der Waals surface area contributed by atoms with Gasteiger partial charge in [-0.05, 0) is 23.8 Å². The van der Waals surface area contributed by atoms with Gasteiger partial charge in [0.1, 0.15) is 23.9 Å². The number of anilines is 2. The third-order valence-electron chi connectivity index (χ3n) is 3.91. The minimum absolute atomic E-state index is 0.0364. The van der Waals surface area contributed by atoms with Crippen molar-refractivity contribution >= 4 is 23.0 Å². The highest BCUT2D eigenvalue weighted by Gasteiger charge is 2.17. The Kier molecular flexibility index (Phi) is 7.06. The zero-order valence-corrected chi connectivity index (χ0v) is 15.7. The van der Waals surface area contributed by atoms with Crippen molar-refractivity contribution in [2.45, 2.75) is 6.54 Å². The van der Waals surface area contributed by atoms with Gasteiger partial charge >= 0.3 is 5.97 Å². The summed E-state index contributed by atoms with van der Waals surface area (Å²) in [5.41, 5.74) is 1.01. The summed E-state index contributed by atoms with van der Waals surface area (Å²) in [4.78, 5) is 22.3. The monoisotopic (exact) mass is 402 g/mol. The van der Waals surface area contributed by atoms with E-state index in [2.05, 4.69) is 15.4 Å². The molecule has 0 amide bonds. The maximum absolute atomic E-state index is 11.9. The van der Waals surface area contributed by atoms with Crippen molar-refractivity contribution in [2.24, 2.45) is 0 Å². The second-order valence-electron chi connectivity index (χ2n) is 5.74. The lowest BCUT2D eigenvalue weighted by atomic mass is 10.1. The number of ether oxygens (including phenoxy) is 1. The number of allylic oxidation sites excluding steroid dienone is 2. The molecule has 2 rings (SSSR count). The molecule has 148 valence electrons. The van der Waals surface area contributed by atoms with E-state index in [0.717, 1.165) is 11.6 Å². The lowest BCUT2D eigenvalue weighted by Crippen LogP contribution is -2.09. The first-order valence-electron chi connectivity index (χ1n) is 8.34. The summed E-state index contributed by atoms with van der Waals surface area (Å²) >= 11 is 0. The van der Waals surface area contributed by atoms with Crippen LogP contribution in [0.3, 0.4) is 0 Å². The Morgan fingerprint density at radius 3 is 2.30 bits per heavy atom. The molecule has 0 fully saturated rings. The normalized spacial score (nSPS) is 9.27. The topological polar surface area (TPSA) is 165 Å². The molecule has 0 aromatic heterocycles. The highest BCUT2D eigenvalue weighted by atomic mass is 16.6. The van der Waals surface area contributed by atoms with Gasteiger partial charge < -0.3 is 15.4 Å². The van der Waals surface area contributed by atoms with Gasteiger partial charge in [0, 0.05) is 30.1 Å². The number of hydrogen-bond acceptors (Lipinski definition) is 9. The van der Waals surface area contributed by atoms with Gasteiger partial charge in [0.05, 0.1) is 17.6 Å². The van der Waals surface area contributed by atoms with Crippen LogP contribution in [0.5, 0.6) is 0 Å². The van der Waals surface area contributed by atoms with Crippen molar-refractivity contribution in [3.05, 3.63) is 75.0 Å². The molecule has 0 aliphatic rings. The summed E-state index contributed by atoms with van der Waals surface area (Å²) in [5.74, 6) is -0.706. The number of nitriles is 3. The van der Waals surface area contributed by atoms with Gasteiger partial charge in [-0.25, -0.2) is 4.79 Å². The fourth-order valence-corrected chi connectivity index (χ4v) is 2.41. The molecule has 10 nitrogen and oxygen atoms in total. The van der Waals surface area contributed by atoms with Crippen LogP contribution in [0, 0.1) is 44.1 Å². The van der Waals surface area contributed by atoms with Gasteiger partial charge in [-0.15, -0.1) is 0 Å². The average molecular weight is 402 g/mol. The molecule has 0 aliphatic heterocycles. The van der Waals surface area contributed by atoms with Crippen LogP contribution in [-0.4, -0.2) is 18.0 Å². The number of hydrogen-bond donors (Lipinski definition) is 2. The number of esters is 1.